The molecule has 0 aliphatic carbocycles. The minimum Gasteiger partial charge on any atom is -0.483 e. The normalized spacial score (nSPS) is 9.77. The Labute approximate surface area is 80.9 Å². The van der Waals surface area contributed by atoms with Gasteiger partial charge in [-0.1, -0.05) is 11.3 Å². The van der Waals surface area contributed by atoms with E-state index in [0.29, 0.717) is 11.7 Å². The molecule has 1 aromatic heterocycles. The topological polar surface area (TPSA) is 51.2 Å². The molecule has 0 aliphatic rings. The summed E-state index contributed by atoms with van der Waals surface area (Å²) >= 11 is 1.35. The van der Waals surface area contributed by atoms with Crippen LogP contribution in [0.4, 0.5) is 5.13 Å². The van der Waals surface area contributed by atoms with Gasteiger partial charge in [-0.2, -0.15) is 0 Å². The molecule has 0 radical (unpaired) electrons. The van der Waals surface area contributed by atoms with E-state index < -0.39 is 0 Å². The number of aryl methyl sites for hydroxylation is 1. The number of nitrogens with one attached hydrogen (secondary N) is 1. The molecule has 0 atom stereocenters. The fraction of sp³-hybridized carbons (Fsp3) is 0.500. The van der Waals surface area contributed by atoms with E-state index in [1.54, 1.807) is 0 Å². The smallest absolute Gasteiger partial charge is 0.223 e. The summed E-state index contributed by atoms with van der Waals surface area (Å²) in [5.74, 6) is -0.114. The first-order chi connectivity index (χ1) is 6.13. The van der Waals surface area contributed by atoms with E-state index in [1.165, 1.54) is 18.3 Å². The van der Waals surface area contributed by atoms with E-state index in [4.69, 9.17) is 4.74 Å². The van der Waals surface area contributed by atoms with Gasteiger partial charge in [-0.05, 0) is 13.8 Å². The van der Waals surface area contributed by atoms with Crippen molar-refractivity contribution in [2.24, 2.45) is 0 Å². The molecule has 0 aromatic carbocycles. The van der Waals surface area contributed by atoms with Crippen LogP contribution in [0.25, 0.3) is 0 Å². The van der Waals surface area contributed by atoms with Crippen LogP contribution in [-0.4, -0.2) is 17.5 Å². The Balaban J connectivity index is 2.76. The lowest BCUT2D eigenvalue weighted by atomic mass is 10.5. The maximum atomic E-state index is 10.7. The molecule has 0 aliphatic heterocycles. The van der Waals surface area contributed by atoms with Crippen LogP contribution in [-0.2, 0) is 4.79 Å². The molecule has 1 amide bonds. The SMILES string of the molecule is CCOc1sc(NC(C)=O)nc1C. The molecule has 72 valence electrons. The van der Waals surface area contributed by atoms with Crippen LogP contribution in [0, 0.1) is 6.92 Å². The van der Waals surface area contributed by atoms with Gasteiger partial charge < -0.3 is 10.1 Å². The molecule has 1 heterocycles. The Hall–Kier alpha value is -1.10. The van der Waals surface area contributed by atoms with Crippen molar-refractivity contribution in [2.75, 3.05) is 11.9 Å². The number of carbonyl (C=O) groups excluding carboxylic acids is 1. The van der Waals surface area contributed by atoms with E-state index >= 15 is 0 Å². The van der Waals surface area contributed by atoms with Gasteiger partial charge in [-0.15, -0.1) is 0 Å². The van der Waals surface area contributed by atoms with Crippen molar-refractivity contribution < 1.29 is 9.53 Å². The summed E-state index contributed by atoms with van der Waals surface area (Å²) in [5, 5.41) is 3.97. The molecular weight excluding hydrogens is 188 g/mol. The van der Waals surface area contributed by atoms with Gasteiger partial charge in [-0.3, -0.25) is 4.79 Å². The highest BCUT2D eigenvalue weighted by atomic mass is 32.1. The Kier molecular flexibility index (Phi) is 3.25. The average molecular weight is 200 g/mol. The maximum absolute atomic E-state index is 10.7. The molecule has 1 rings (SSSR count). The third kappa shape index (κ3) is 2.69. The molecule has 1 N–H and O–H groups in total. The Morgan fingerprint density at radius 3 is 2.92 bits per heavy atom. The summed E-state index contributed by atoms with van der Waals surface area (Å²) in [7, 11) is 0. The monoisotopic (exact) mass is 200 g/mol. The second-order valence-electron chi connectivity index (χ2n) is 2.51. The van der Waals surface area contributed by atoms with Crippen LogP contribution in [0.2, 0.25) is 0 Å². The van der Waals surface area contributed by atoms with Crippen LogP contribution in [0.3, 0.4) is 0 Å². The highest BCUT2D eigenvalue weighted by Crippen LogP contribution is 2.29. The lowest BCUT2D eigenvalue weighted by Gasteiger charge is -1.96. The summed E-state index contributed by atoms with van der Waals surface area (Å²) in [6, 6.07) is 0. The molecule has 13 heavy (non-hydrogen) atoms. The van der Waals surface area contributed by atoms with Crippen LogP contribution >= 0.6 is 11.3 Å². The molecule has 0 saturated carbocycles. The van der Waals surface area contributed by atoms with Crippen molar-refractivity contribution in [3.05, 3.63) is 5.69 Å². The average Bonchev–Trinajstić information content (AvgIpc) is 2.31. The fourth-order valence-electron chi connectivity index (χ4n) is 0.851. The lowest BCUT2D eigenvalue weighted by Crippen LogP contribution is -2.04. The second-order valence-corrected chi connectivity index (χ2v) is 3.47. The number of amides is 1. The first kappa shape index (κ1) is 9.98. The van der Waals surface area contributed by atoms with E-state index in [-0.39, 0.29) is 5.91 Å². The van der Waals surface area contributed by atoms with E-state index in [1.807, 2.05) is 13.8 Å². The van der Waals surface area contributed by atoms with Crippen LogP contribution in [0.5, 0.6) is 5.06 Å². The molecule has 0 spiro atoms. The van der Waals surface area contributed by atoms with E-state index in [0.717, 1.165) is 10.8 Å². The minimum atomic E-state index is -0.114. The molecule has 0 fully saturated rings. The summed E-state index contributed by atoms with van der Waals surface area (Å²) in [6.45, 7) is 5.84. The maximum Gasteiger partial charge on any atom is 0.223 e. The standard InChI is InChI=1S/C8H12N2O2S/c1-4-12-7-5(2)9-8(13-7)10-6(3)11/h4H2,1-3H3,(H,9,10,11). The zero-order valence-electron chi connectivity index (χ0n) is 7.88. The molecule has 1 aromatic rings. The third-order valence-corrected chi connectivity index (χ3v) is 2.30. The number of nitrogens with zero attached hydrogens (tertiary/aromatic N) is 1. The Morgan fingerprint density at radius 2 is 2.38 bits per heavy atom. The van der Waals surface area contributed by atoms with Crippen LogP contribution in [0.1, 0.15) is 19.5 Å². The molecule has 0 unspecified atom stereocenters. The number of aromatic nitrogens is 1. The van der Waals surface area contributed by atoms with E-state index in [2.05, 4.69) is 10.3 Å². The van der Waals surface area contributed by atoms with E-state index in [9.17, 15) is 4.79 Å². The van der Waals surface area contributed by atoms with Crippen LogP contribution < -0.4 is 10.1 Å². The fourth-order valence-corrected chi connectivity index (χ4v) is 1.77. The Bertz CT molecular complexity index is 309. The van der Waals surface area contributed by atoms with Gasteiger partial charge in [0.05, 0.1) is 12.3 Å². The third-order valence-electron chi connectivity index (χ3n) is 1.31. The number of thiazole rings is 1. The second kappa shape index (κ2) is 4.23. The van der Waals surface area contributed by atoms with Crippen molar-refractivity contribution in [1.82, 2.24) is 4.98 Å². The van der Waals surface area contributed by atoms with Gasteiger partial charge in [0.25, 0.3) is 0 Å². The number of anilines is 1. The first-order valence-electron chi connectivity index (χ1n) is 4.01. The predicted molar refractivity (Wildman–Crippen MR) is 52.3 cm³/mol. The van der Waals surface area contributed by atoms with Crippen molar-refractivity contribution in [1.29, 1.82) is 0 Å². The van der Waals surface area contributed by atoms with Gasteiger partial charge >= 0.3 is 0 Å². The largest absolute Gasteiger partial charge is 0.483 e. The van der Waals surface area contributed by atoms with Gasteiger partial charge in [0.15, 0.2) is 10.2 Å². The highest BCUT2D eigenvalue weighted by Gasteiger charge is 2.08. The van der Waals surface area contributed by atoms with Gasteiger partial charge in [-0.25, -0.2) is 4.98 Å². The Morgan fingerprint density at radius 1 is 1.69 bits per heavy atom. The zero-order valence-corrected chi connectivity index (χ0v) is 8.70. The first-order valence-corrected chi connectivity index (χ1v) is 4.83. The number of hydrogen-bond acceptors (Lipinski definition) is 4. The zero-order chi connectivity index (χ0) is 9.84. The van der Waals surface area contributed by atoms with Gasteiger partial charge in [0.1, 0.15) is 0 Å². The van der Waals surface area contributed by atoms with Crippen molar-refractivity contribution >= 4 is 22.4 Å². The summed E-state index contributed by atoms with van der Waals surface area (Å²) < 4.78 is 5.30. The predicted octanol–water partition coefficient (Wildman–Crippen LogP) is 1.81. The number of hydrogen-bond donors (Lipinski definition) is 1. The van der Waals surface area contributed by atoms with Crippen molar-refractivity contribution in [2.45, 2.75) is 20.8 Å². The van der Waals surface area contributed by atoms with Gasteiger partial charge in [0.2, 0.25) is 5.91 Å². The molecule has 4 nitrogen and oxygen atoms in total. The van der Waals surface area contributed by atoms with Gasteiger partial charge in [0, 0.05) is 6.92 Å². The van der Waals surface area contributed by atoms with Crippen LogP contribution in [0.15, 0.2) is 0 Å². The molecule has 0 saturated heterocycles. The summed E-state index contributed by atoms with van der Waals surface area (Å²) in [5.41, 5.74) is 0.815. The highest BCUT2D eigenvalue weighted by molar-refractivity contribution is 7.17. The number of rotatable bonds is 3. The number of carbonyl (C=O) groups is 1. The summed E-state index contributed by atoms with van der Waals surface area (Å²) in [4.78, 5) is 14.8. The molecule has 5 heteroatoms. The minimum absolute atomic E-state index is 0.114. The lowest BCUT2D eigenvalue weighted by molar-refractivity contribution is -0.114. The molecule has 0 bridgehead atoms. The molecular formula is C8H12N2O2S. The quantitative estimate of drug-likeness (QED) is 0.809. The summed E-state index contributed by atoms with van der Waals surface area (Å²) in [6.07, 6.45) is 0. The van der Waals surface area contributed by atoms with Crippen molar-refractivity contribution in [3.63, 3.8) is 0 Å². The number of ether oxygens (including phenoxy) is 1. The van der Waals surface area contributed by atoms with Crippen molar-refractivity contribution in [3.8, 4) is 5.06 Å².